The van der Waals surface area contributed by atoms with Crippen LogP contribution in [0.15, 0.2) is 18.3 Å². The molecular weight excluding hydrogens is 186 g/mol. The van der Waals surface area contributed by atoms with Crippen LogP contribution in [0.3, 0.4) is 0 Å². The molecule has 1 aromatic heterocycles. The average Bonchev–Trinajstić information content (AvgIpc) is 2.25. The molecule has 1 heterocycles. The molecule has 1 rings (SSSR count). The molecule has 84 valence electrons. The predicted molar refractivity (Wildman–Crippen MR) is 63.1 cm³/mol. The Morgan fingerprint density at radius 2 is 2.20 bits per heavy atom. The molecule has 0 saturated carbocycles. The zero-order valence-corrected chi connectivity index (χ0v) is 9.83. The van der Waals surface area contributed by atoms with E-state index in [0.717, 1.165) is 18.5 Å². The van der Waals surface area contributed by atoms with Gasteiger partial charge in [-0.1, -0.05) is 26.8 Å². The third-order valence-electron chi connectivity index (χ3n) is 2.55. The van der Waals surface area contributed by atoms with Crippen molar-refractivity contribution in [3.8, 4) is 0 Å². The van der Waals surface area contributed by atoms with Gasteiger partial charge in [0.1, 0.15) is 0 Å². The van der Waals surface area contributed by atoms with Gasteiger partial charge in [0.2, 0.25) is 0 Å². The summed E-state index contributed by atoms with van der Waals surface area (Å²) in [4.78, 5) is 4.43. The smallest absolute Gasteiger partial charge is 0.0637 e. The topological polar surface area (TPSA) is 50.9 Å². The summed E-state index contributed by atoms with van der Waals surface area (Å²) in [7, 11) is 0. The molecule has 0 saturated heterocycles. The zero-order valence-electron chi connectivity index (χ0n) is 9.83. The van der Waals surface area contributed by atoms with Gasteiger partial charge < -0.3 is 0 Å². The number of pyridine rings is 1. The van der Waals surface area contributed by atoms with E-state index >= 15 is 0 Å². The third-order valence-corrected chi connectivity index (χ3v) is 2.55. The van der Waals surface area contributed by atoms with Crippen LogP contribution >= 0.6 is 0 Å². The molecule has 0 bridgehead atoms. The van der Waals surface area contributed by atoms with Crippen molar-refractivity contribution >= 4 is 0 Å². The van der Waals surface area contributed by atoms with E-state index in [2.05, 4.69) is 37.2 Å². The number of nitrogens with one attached hydrogen (secondary N) is 1. The Morgan fingerprint density at radius 3 is 2.73 bits per heavy atom. The van der Waals surface area contributed by atoms with Crippen LogP contribution in [0, 0.1) is 5.92 Å². The van der Waals surface area contributed by atoms with Crippen LogP contribution in [0.2, 0.25) is 0 Å². The van der Waals surface area contributed by atoms with E-state index < -0.39 is 0 Å². The maximum absolute atomic E-state index is 5.59. The quantitative estimate of drug-likeness (QED) is 0.575. The summed E-state index contributed by atoms with van der Waals surface area (Å²) in [5.41, 5.74) is 5.23. The second kappa shape index (κ2) is 5.83. The normalized spacial score (nSPS) is 13.1. The van der Waals surface area contributed by atoms with E-state index in [1.54, 1.807) is 0 Å². The van der Waals surface area contributed by atoms with Gasteiger partial charge in [0.25, 0.3) is 0 Å². The van der Waals surface area contributed by atoms with Crippen molar-refractivity contribution in [2.24, 2.45) is 11.8 Å². The number of aromatic nitrogens is 1. The summed E-state index contributed by atoms with van der Waals surface area (Å²) in [5, 5.41) is 0. The van der Waals surface area contributed by atoms with Crippen LogP contribution in [0.25, 0.3) is 0 Å². The molecule has 0 radical (unpaired) electrons. The monoisotopic (exact) mass is 207 g/mol. The maximum Gasteiger partial charge on any atom is 0.0637 e. The fourth-order valence-corrected chi connectivity index (χ4v) is 1.79. The van der Waals surface area contributed by atoms with Crippen molar-refractivity contribution < 1.29 is 0 Å². The average molecular weight is 207 g/mol. The fourth-order valence-electron chi connectivity index (χ4n) is 1.79. The molecule has 3 nitrogen and oxygen atoms in total. The van der Waals surface area contributed by atoms with Crippen LogP contribution in [-0.4, -0.2) is 4.98 Å². The molecule has 0 aliphatic heterocycles. The Hall–Kier alpha value is -0.930. The molecule has 0 aliphatic carbocycles. The number of aryl methyl sites for hydroxylation is 1. The fraction of sp³-hybridized carbons (Fsp3) is 0.583. The largest absolute Gasteiger partial charge is 0.271 e. The highest BCUT2D eigenvalue weighted by Gasteiger charge is 2.15. The SMILES string of the molecule is CCc1cccnc1C(CC(C)C)NN. The van der Waals surface area contributed by atoms with E-state index in [9.17, 15) is 0 Å². The van der Waals surface area contributed by atoms with Crippen LogP contribution < -0.4 is 11.3 Å². The Labute approximate surface area is 92.1 Å². The van der Waals surface area contributed by atoms with Gasteiger partial charge in [-0.15, -0.1) is 0 Å². The van der Waals surface area contributed by atoms with E-state index in [0.29, 0.717) is 5.92 Å². The lowest BCUT2D eigenvalue weighted by atomic mass is 9.97. The molecule has 0 spiro atoms. The van der Waals surface area contributed by atoms with Crippen molar-refractivity contribution in [3.63, 3.8) is 0 Å². The summed E-state index contributed by atoms with van der Waals surface area (Å²) in [6.45, 7) is 6.53. The van der Waals surface area contributed by atoms with Crippen molar-refractivity contribution in [2.75, 3.05) is 0 Å². The van der Waals surface area contributed by atoms with Gasteiger partial charge in [0.05, 0.1) is 11.7 Å². The second-order valence-corrected chi connectivity index (χ2v) is 4.25. The first-order valence-electron chi connectivity index (χ1n) is 5.59. The van der Waals surface area contributed by atoms with E-state index in [1.807, 2.05) is 12.3 Å². The van der Waals surface area contributed by atoms with Gasteiger partial charge in [0, 0.05) is 6.20 Å². The first-order chi connectivity index (χ1) is 7.19. The lowest BCUT2D eigenvalue weighted by Gasteiger charge is -2.19. The summed E-state index contributed by atoms with van der Waals surface area (Å²) in [5.74, 6) is 6.20. The minimum absolute atomic E-state index is 0.168. The van der Waals surface area contributed by atoms with Crippen molar-refractivity contribution in [1.82, 2.24) is 10.4 Å². The predicted octanol–water partition coefficient (Wildman–Crippen LogP) is 2.19. The Kier molecular flexibility index (Phi) is 4.72. The molecule has 0 aliphatic rings. The second-order valence-electron chi connectivity index (χ2n) is 4.25. The molecule has 0 amide bonds. The molecule has 3 heteroatoms. The number of rotatable bonds is 5. The summed E-state index contributed by atoms with van der Waals surface area (Å²) >= 11 is 0. The number of hydrogen-bond acceptors (Lipinski definition) is 3. The lowest BCUT2D eigenvalue weighted by Crippen LogP contribution is -2.30. The summed E-state index contributed by atoms with van der Waals surface area (Å²) in [6, 6.07) is 4.26. The number of hydrogen-bond donors (Lipinski definition) is 2. The molecular formula is C12H21N3. The van der Waals surface area contributed by atoms with E-state index in [-0.39, 0.29) is 6.04 Å². The van der Waals surface area contributed by atoms with E-state index in [1.165, 1.54) is 5.56 Å². The summed E-state index contributed by atoms with van der Waals surface area (Å²) < 4.78 is 0. The molecule has 0 aromatic carbocycles. The first-order valence-corrected chi connectivity index (χ1v) is 5.59. The first kappa shape index (κ1) is 12.1. The Bertz CT molecular complexity index is 297. The zero-order chi connectivity index (χ0) is 11.3. The number of hydrazine groups is 1. The van der Waals surface area contributed by atoms with Gasteiger partial charge in [0.15, 0.2) is 0 Å². The molecule has 15 heavy (non-hydrogen) atoms. The Morgan fingerprint density at radius 1 is 1.47 bits per heavy atom. The van der Waals surface area contributed by atoms with Gasteiger partial charge in [-0.2, -0.15) is 0 Å². The van der Waals surface area contributed by atoms with Crippen molar-refractivity contribution in [2.45, 2.75) is 39.7 Å². The van der Waals surface area contributed by atoms with Gasteiger partial charge in [-0.25, -0.2) is 0 Å². The number of nitrogens with two attached hydrogens (primary N) is 1. The number of nitrogens with zero attached hydrogens (tertiary/aromatic N) is 1. The van der Waals surface area contributed by atoms with E-state index in [4.69, 9.17) is 5.84 Å². The molecule has 3 N–H and O–H groups in total. The van der Waals surface area contributed by atoms with Crippen LogP contribution in [0.4, 0.5) is 0 Å². The molecule has 1 atom stereocenters. The standard InChI is InChI=1S/C12H21N3/c1-4-10-6-5-7-14-12(10)11(15-13)8-9(2)3/h5-7,9,11,15H,4,8,13H2,1-3H3. The maximum atomic E-state index is 5.59. The van der Waals surface area contributed by atoms with Gasteiger partial charge in [-0.3, -0.25) is 16.3 Å². The molecule has 0 fully saturated rings. The molecule has 1 aromatic rings. The van der Waals surface area contributed by atoms with Gasteiger partial charge in [-0.05, 0) is 30.4 Å². The third kappa shape index (κ3) is 3.29. The van der Waals surface area contributed by atoms with Crippen molar-refractivity contribution in [3.05, 3.63) is 29.6 Å². The van der Waals surface area contributed by atoms with Crippen LogP contribution in [-0.2, 0) is 6.42 Å². The summed E-state index contributed by atoms with van der Waals surface area (Å²) in [6.07, 6.45) is 3.85. The highest BCUT2D eigenvalue weighted by molar-refractivity contribution is 5.22. The van der Waals surface area contributed by atoms with Crippen molar-refractivity contribution in [1.29, 1.82) is 0 Å². The van der Waals surface area contributed by atoms with Crippen LogP contribution in [0.1, 0.15) is 44.5 Å². The molecule has 1 unspecified atom stereocenters. The minimum Gasteiger partial charge on any atom is -0.271 e. The highest BCUT2D eigenvalue weighted by atomic mass is 15.2. The minimum atomic E-state index is 0.168. The highest BCUT2D eigenvalue weighted by Crippen LogP contribution is 2.21. The lowest BCUT2D eigenvalue weighted by molar-refractivity contribution is 0.428. The Balaban J connectivity index is 2.90. The van der Waals surface area contributed by atoms with Gasteiger partial charge >= 0.3 is 0 Å². The van der Waals surface area contributed by atoms with Crippen LogP contribution in [0.5, 0.6) is 0 Å².